The predicted molar refractivity (Wildman–Crippen MR) is 62.7 cm³/mol. The van der Waals surface area contributed by atoms with Gasteiger partial charge >= 0.3 is 0 Å². The van der Waals surface area contributed by atoms with Crippen molar-refractivity contribution in [3.63, 3.8) is 0 Å². The molecule has 0 aromatic heterocycles. The number of aliphatic hydroxyl groups excluding tert-OH is 2. The van der Waals surface area contributed by atoms with Gasteiger partial charge in [0.2, 0.25) is 0 Å². The Hall–Kier alpha value is 0.340. The highest BCUT2D eigenvalue weighted by molar-refractivity contribution is 6.18. The van der Waals surface area contributed by atoms with Gasteiger partial charge in [0.05, 0.1) is 25.0 Å². The topological polar surface area (TPSA) is 77.4 Å². The van der Waals surface area contributed by atoms with E-state index < -0.39 is 37.0 Å². The minimum atomic E-state index is -0.891. The van der Waals surface area contributed by atoms with Crippen LogP contribution in [0.15, 0.2) is 0 Å². The molecule has 6 nitrogen and oxygen atoms in total. The normalized spacial score (nSPS) is 46.0. The summed E-state index contributed by atoms with van der Waals surface area (Å²) in [7, 11) is 0. The van der Waals surface area contributed by atoms with Gasteiger partial charge in [-0.2, -0.15) is 0 Å². The molecule has 2 aliphatic heterocycles. The lowest BCUT2D eigenvalue weighted by Crippen LogP contribution is -2.58. The van der Waals surface area contributed by atoms with Crippen molar-refractivity contribution in [3.8, 4) is 0 Å². The number of rotatable bonds is 3. The van der Waals surface area contributed by atoms with Gasteiger partial charge in [0.1, 0.15) is 24.4 Å². The first-order chi connectivity index (χ1) is 8.65. The Labute approximate surface area is 115 Å². The second-order valence-electron chi connectivity index (χ2n) is 4.17. The average molecular weight is 303 g/mol. The van der Waals surface area contributed by atoms with Crippen molar-refractivity contribution in [2.24, 2.45) is 0 Å². The van der Waals surface area contributed by atoms with E-state index in [-0.39, 0.29) is 25.0 Å². The van der Waals surface area contributed by atoms with Gasteiger partial charge in [-0.15, -0.1) is 23.2 Å². The van der Waals surface area contributed by atoms with E-state index >= 15 is 0 Å². The van der Waals surface area contributed by atoms with E-state index in [1.165, 1.54) is 0 Å². The van der Waals surface area contributed by atoms with Crippen molar-refractivity contribution in [2.75, 3.05) is 25.0 Å². The van der Waals surface area contributed by atoms with Crippen LogP contribution in [0.4, 0.5) is 0 Å². The van der Waals surface area contributed by atoms with Gasteiger partial charge in [-0.25, -0.2) is 0 Å². The Bertz CT molecular complexity index is 243. The maximum atomic E-state index is 9.85. The first-order valence-corrected chi connectivity index (χ1v) is 6.74. The van der Waals surface area contributed by atoms with E-state index in [2.05, 4.69) is 0 Å². The lowest BCUT2D eigenvalue weighted by Gasteiger charge is -2.42. The molecule has 0 bridgehead atoms. The molecule has 0 aromatic rings. The van der Waals surface area contributed by atoms with Crippen molar-refractivity contribution in [2.45, 2.75) is 37.0 Å². The van der Waals surface area contributed by atoms with Crippen LogP contribution in [0.2, 0.25) is 0 Å². The van der Waals surface area contributed by atoms with Crippen LogP contribution < -0.4 is 0 Å². The van der Waals surface area contributed by atoms with E-state index in [0.717, 1.165) is 0 Å². The smallest absolute Gasteiger partial charge is 0.171 e. The third kappa shape index (κ3) is 3.26. The zero-order valence-corrected chi connectivity index (χ0v) is 11.1. The third-order valence-electron chi connectivity index (χ3n) is 2.86. The van der Waals surface area contributed by atoms with Crippen molar-refractivity contribution in [1.82, 2.24) is 0 Å². The van der Waals surface area contributed by atoms with Crippen LogP contribution in [0.3, 0.4) is 0 Å². The fraction of sp³-hybridized carbons (Fsp3) is 1.00. The van der Waals surface area contributed by atoms with E-state index in [0.29, 0.717) is 0 Å². The zero-order valence-electron chi connectivity index (χ0n) is 9.58. The van der Waals surface area contributed by atoms with Crippen molar-refractivity contribution >= 4 is 23.2 Å². The maximum absolute atomic E-state index is 9.85. The molecule has 2 rings (SSSR count). The van der Waals surface area contributed by atoms with Crippen LogP contribution in [0.25, 0.3) is 0 Å². The highest BCUT2D eigenvalue weighted by atomic mass is 35.5. The van der Waals surface area contributed by atoms with Crippen LogP contribution in [-0.4, -0.2) is 72.2 Å². The molecule has 2 fully saturated rings. The van der Waals surface area contributed by atoms with Crippen molar-refractivity contribution < 1.29 is 29.2 Å². The van der Waals surface area contributed by atoms with Crippen molar-refractivity contribution in [3.05, 3.63) is 0 Å². The van der Waals surface area contributed by atoms with Gasteiger partial charge in [-0.1, -0.05) is 0 Å². The number of alkyl halides is 2. The summed E-state index contributed by atoms with van der Waals surface area (Å²) in [6.45, 7) is 0.169. The molecule has 0 spiro atoms. The Morgan fingerprint density at radius 1 is 0.833 bits per heavy atom. The molecule has 2 aliphatic rings. The minimum absolute atomic E-state index is 0.0844. The number of ether oxygens (including phenoxy) is 4. The van der Waals surface area contributed by atoms with Gasteiger partial charge in [0.25, 0.3) is 0 Å². The molecule has 0 radical (unpaired) electrons. The molecule has 106 valence electrons. The monoisotopic (exact) mass is 302 g/mol. The first kappa shape index (κ1) is 14.7. The fourth-order valence-electron chi connectivity index (χ4n) is 1.97. The molecule has 0 aromatic carbocycles. The molecule has 0 unspecified atom stereocenters. The molecule has 0 aliphatic carbocycles. The van der Waals surface area contributed by atoms with Crippen molar-refractivity contribution in [1.29, 1.82) is 0 Å². The van der Waals surface area contributed by atoms with Gasteiger partial charge < -0.3 is 29.2 Å². The highest BCUT2D eigenvalue weighted by Gasteiger charge is 2.43. The summed E-state index contributed by atoms with van der Waals surface area (Å²) in [6, 6.07) is 0. The Kier molecular flexibility index (Phi) is 5.47. The molecule has 2 saturated heterocycles. The quantitative estimate of drug-likeness (QED) is 0.695. The standard InChI is InChI=1S/C10H16Cl2O6/c11-1-7-15-3-5(13)9(17-7)10-6(14)4-16-8(2-12)18-10/h5-10,13-14H,1-4H2/t5-,6-,7-,8+,9-,10+/m1/s1. The molecular weight excluding hydrogens is 287 g/mol. The Morgan fingerprint density at radius 3 is 1.56 bits per heavy atom. The molecule has 2 heterocycles. The second-order valence-corrected chi connectivity index (χ2v) is 4.79. The third-order valence-corrected chi connectivity index (χ3v) is 3.36. The number of hydrogen-bond acceptors (Lipinski definition) is 6. The second kappa shape index (κ2) is 6.67. The summed E-state index contributed by atoms with van der Waals surface area (Å²) in [6.07, 6.45) is -4.45. The number of halogens is 2. The molecule has 2 N–H and O–H groups in total. The maximum Gasteiger partial charge on any atom is 0.171 e. The predicted octanol–water partition coefficient (Wildman–Crippen LogP) is -0.331. The van der Waals surface area contributed by atoms with E-state index in [9.17, 15) is 10.2 Å². The molecule has 18 heavy (non-hydrogen) atoms. The Morgan fingerprint density at radius 2 is 1.22 bits per heavy atom. The number of hydrogen-bond donors (Lipinski definition) is 2. The molecule has 8 heteroatoms. The van der Waals surface area contributed by atoms with Crippen LogP contribution in [0.5, 0.6) is 0 Å². The van der Waals surface area contributed by atoms with Crippen LogP contribution in [0, 0.1) is 0 Å². The molecule has 0 saturated carbocycles. The van der Waals surface area contributed by atoms with Crippen LogP contribution in [-0.2, 0) is 18.9 Å². The summed E-state index contributed by atoms with van der Waals surface area (Å²) in [5.74, 6) is 0.281. The average Bonchev–Trinajstić information content (AvgIpc) is 2.40. The van der Waals surface area contributed by atoms with Gasteiger partial charge in [-0.3, -0.25) is 0 Å². The van der Waals surface area contributed by atoms with Gasteiger partial charge in [-0.05, 0) is 0 Å². The lowest BCUT2D eigenvalue weighted by atomic mass is 10.0. The van der Waals surface area contributed by atoms with Crippen LogP contribution >= 0.6 is 23.2 Å². The van der Waals surface area contributed by atoms with E-state index in [1.54, 1.807) is 0 Å². The zero-order chi connectivity index (χ0) is 13.1. The van der Waals surface area contributed by atoms with Gasteiger partial charge in [0.15, 0.2) is 12.6 Å². The highest BCUT2D eigenvalue weighted by Crippen LogP contribution is 2.25. The van der Waals surface area contributed by atoms with E-state index in [1.807, 2.05) is 0 Å². The van der Waals surface area contributed by atoms with Gasteiger partial charge in [0, 0.05) is 0 Å². The Balaban J connectivity index is 2.02. The molecular formula is C10H16Cl2O6. The fourth-order valence-corrected chi connectivity index (χ4v) is 2.29. The molecule has 0 amide bonds. The van der Waals surface area contributed by atoms with Crippen LogP contribution in [0.1, 0.15) is 0 Å². The number of aliphatic hydroxyl groups is 2. The summed E-state index contributed by atoms with van der Waals surface area (Å²) in [5.41, 5.74) is 0. The summed E-state index contributed by atoms with van der Waals surface area (Å²) < 4.78 is 21.2. The minimum Gasteiger partial charge on any atom is -0.388 e. The summed E-state index contributed by atoms with van der Waals surface area (Å²) in [4.78, 5) is 0. The SMILES string of the molecule is O[C@@H]1CO[C@H](CCl)O[C@@H]1[C@@H]1O[C@H](CCl)OC[C@H]1O. The summed E-state index contributed by atoms with van der Waals surface area (Å²) in [5, 5.41) is 19.7. The first-order valence-electron chi connectivity index (χ1n) is 5.68. The summed E-state index contributed by atoms with van der Waals surface area (Å²) >= 11 is 11.3. The lowest BCUT2D eigenvalue weighted by molar-refractivity contribution is -0.319. The van der Waals surface area contributed by atoms with E-state index in [4.69, 9.17) is 42.1 Å². The largest absolute Gasteiger partial charge is 0.388 e. The molecule has 6 atom stereocenters.